The van der Waals surface area contributed by atoms with Gasteiger partial charge in [-0.3, -0.25) is 4.79 Å². The van der Waals surface area contributed by atoms with Gasteiger partial charge in [0.15, 0.2) is 11.5 Å². The molecule has 0 unspecified atom stereocenters. The maximum Gasteiger partial charge on any atom is 0.265 e. The Kier molecular flexibility index (Phi) is 3.26. The summed E-state index contributed by atoms with van der Waals surface area (Å²) < 4.78 is 10.7. The van der Waals surface area contributed by atoms with Gasteiger partial charge in [-0.2, -0.15) is 0 Å². The van der Waals surface area contributed by atoms with E-state index in [4.69, 9.17) is 9.47 Å². The fourth-order valence-electron chi connectivity index (χ4n) is 2.63. The number of carbonyl (C=O) groups excluding carboxylic acids is 1. The topological polar surface area (TPSA) is 51.7 Å². The molecule has 1 aromatic heterocycles. The molecule has 1 aliphatic carbocycles. The van der Waals surface area contributed by atoms with Gasteiger partial charge in [-0.1, -0.05) is 0 Å². The van der Waals surface area contributed by atoms with Crippen molar-refractivity contribution in [3.05, 3.63) is 29.3 Å². The van der Waals surface area contributed by atoms with Crippen LogP contribution < -0.4 is 9.47 Å². The second-order valence-corrected chi connectivity index (χ2v) is 6.45. The fourth-order valence-corrected chi connectivity index (χ4v) is 3.50. The van der Waals surface area contributed by atoms with E-state index in [1.165, 1.54) is 11.3 Å². The van der Waals surface area contributed by atoms with E-state index < -0.39 is 0 Å². The van der Waals surface area contributed by atoms with Crippen LogP contribution in [0.1, 0.15) is 29.4 Å². The van der Waals surface area contributed by atoms with Gasteiger partial charge in [0.25, 0.3) is 5.91 Å². The number of amides is 1. The van der Waals surface area contributed by atoms with Gasteiger partial charge in [0, 0.05) is 18.2 Å². The smallest absolute Gasteiger partial charge is 0.265 e. The van der Waals surface area contributed by atoms with Crippen LogP contribution in [0.4, 0.5) is 0 Å². The fraction of sp³-hybridized carbons (Fsp3) is 0.375. The Balaban J connectivity index is 1.59. The molecule has 0 atom stereocenters. The van der Waals surface area contributed by atoms with Crippen molar-refractivity contribution in [2.24, 2.45) is 0 Å². The zero-order valence-corrected chi connectivity index (χ0v) is 13.1. The minimum absolute atomic E-state index is 0.0921. The largest absolute Gasteiger partial charge is 0.454 e. The third-order valence-electron chi connectivity index (χ3n) is 3.93. The Morgan fingerprint density at radius 2 is 2.18 bits per heavy atom. The second-order valence-electron chi connectivity index (χ2n) is 5.42. The molecule has 1 aliphatic heterocycles. The minimum Gasteiger partial charge on any atom is -0.454 e. The lowest BCUT2D eigenvalue weighted by Crippen LogP contribution is -2.32. The molecule has 2 aromatic rings. The molecule has 0 N–H and O–H groups in total. The molecule has 5 nitrogen and oxygen atoms in total. The summed E-state index contributed by atoms with van der Waals surface area (Å²) in [5, 5.41) is 0.827. The van der Waals surface area contributed by atoms with E-state index in [2.05, 4.69) is 4.98 Å². The molecule has 22 heavy (non-hydrogen) atoms. The highest BCUT2D eigenvalue weighted by molar-refractivity contribution is 7.16. The number of hydrogen-bond acceptors (Lipinski definition) is 5. The van der Waals surface area contributed by atoms with Crippen LogP contribution in [0.2, 0.25) is 0 Å². The summed E-state index contributed by atoms with van der Waals surface area (Å²) in [5.41, 5.74) is 0.947. The van der Waals surface area contributed by atoms with Crippen molar-refractivity contribution in [1.29, 1.82) is 0 Å². The Hall–Kier alpha value is -2.08. The van der Waals surface area contributed by atoms with Crippen LogP contribution in [0.5, 0.6) is 11.5 Å². The molecule has 1 aromatic carbocycles. The molecule has 114 valence electrons. The van der Waals surface area contributed by atoms with Gasteiger partial charge < -0.3 is 14.4 Å². The Morgan fingerprint density at radius 1 is 1.36 bits per heavy atom. The normalized spacial score (nSPS) is 15.9. The van der Waals surface area contributed by atoms with Crippen molar-refractivity contribution in [3.63, 3.8) is 0 Å². The average Bonchev–Trinajstić information content (AvgIpc) is 3.07. The monoisotopic (exact) mass is 316 g/mol. The summed E-state index contributed by atoms with van der Waals surface area (Å²) in [5.74, 6) is 1.57. The first-order valence-electron chi connectivity index (χ1n) is 7.43. The van der Waals surface area contributed by atoms with Gasteiger partial charge in [0.05, 0.1) is 6.20 Å². The number of ether oxygens (including phenoxy) is 2. The lowest BCUT2D eigenvalue weighted by molar-refractivity contribution is 0.0757. The average molecular weight is 316 g/mol. The standard InChI is InChI=1S/C16H16N2O3S/c1-2-18(11-4-5-11)16(19)14-8-17-15(22-14)10-3-6-12-13(7-10)21-9-20-12/h3,6-8,11H,2,4-5,9H2,1H3. The molecule has 0 radical (unpaired) electrons. The van der Waals surface area contributed by atoms with E-state index in [9.17, 15) is 4.79 Å². The third kappa shape index (κ3) is 2.33. The van der Waals surface area contributed by atoms with Crippen molar-refractivity contribution < 1.29 is 14.3 Å². The van der Waals surface area contributed by atoms with E-state index in [1.807, 2.05) is 30.0 Å². The van der Waals surface area contributed by atoms with Gasteiger partial charge in [0.2, 0.25) is 6.79 Å². The van der Waals surface area contributed by atoms with Crippen LogP contribution >= 0.6 is 11.3 Å². The van der Waals surface area contributed by atoms with Gasteiger partial charge in [0.1, 0.15) is 9.88 Å². The summed E-state index contributed by atoms with van der Waals surface area (Å²) in [6, 6.07) is 6.16. The van der Waals surface area contributed by atoms with E-state index in [0.29, 0.717) is 10.9 Å². The maximum atomic E-state index is 12.5. The Morgan fingerprint density at radius 3 is 2.95 bits per heavy atom. The highest BCUT2D eigenvalue weighted by atomic mass is 32.1. The van der Waals surface area contributed by atoms with Crippen LogP contribution in [0.3, 0.4) is 0 Å². The van der Waals surface area contributed by atoms with Gasteiger partial charge in [-0.25, -0.2) is 4.98 Å². The molecule has 2 heterocycles. The van der Waals surface area contributed by atoms with Crippen LogP contribution in [0.15, 0.2) is 24.4 Å². The van der Waals surface area contributed by atoms with E-state index in [1.54, 1.807) is 6.20 Å². The highest BCUT2D eigenvalue weighted by Gasteiger charge is 2.32. The minimum atomic E-state index is 0.0921. The van der Waals surface area contributed by atoms with Crippen molar-refractivity contribution in [1.82, 2.24) is 9.88 Å². The number of nitrogens with zero attached hydrogens (tertiary/aromatic N) is 2. The molecule has 0 bridgehead atoms. The number of rotatable bonds is 4. The van der Waals surface area contributed by atoms with E-state index in [-0.39, 0.29) is 12.7 Å². The highest BCUT2D eigenvalue weighted by Crippen LogP contribution is 2.37. The molecule has 4 rings (SSSR count). The molecular weight excluding hydrogens is 300 g/mol. The third-order valence-corrected chi connectivity index (χ3v) is 4.96. The molecule has 1 saturated carbocycles. The van der Waals surface area contributed by atoms with E-state index in [0.717, 1.165) is 41.5 Å². The Bertz CT molecular complexity index is 724. The quantitative estimate of drug-likeness (QED) is 0.869. The zero-order chi connectivity index (χ0) is 15.1. The number of aromatic nitrogens is 1. The van der Waals surface area contributed by atoms with Crippen molar-refractivity contribution >= 4 is 17.2 Å². The maximum absolute atomic E-state index is 12.5. The molecule has 0 saturated heterocycles. The van der Waals surface area contributed by atoms with Crippen molar-refractivity contribution in [3.8, 4) is 22.1 Å². The second kappa shape index (κ2) is 5.28. The first-order valence-corrected chi connectivity index (χ1v) is 8.24. The molecule has 1 amide bonds. The summed E-state index contributed by atoms with van der Waals surface area (Å²) in [6.45, 7) is 3.03. The van der Waals surface area contributed by atoms with Crippen LogP contribution in [-0.4, -0.2) is 35.2 Å². The number of fused-ring (bicyclic) bond motifs is 1. The molecule has 2 aliphatic rings. The molecule has 1 fully saturated rings. The summed E-state index contributed by atoms with van der Waals surface area (Å²) in [6.07, 6.45) is 3.92. The van der Waals surface area contributed by atoms with Gasteiger partial charge >= 0.3 is 0 Å². The summed E-state index contributed by atoms with van der Waals surface area (Å²) >= 11 is 1.43. The van der Waals surface area contributed by atoms with Gasteiger partial charge in [-0.05, 0) is 38.0 Å². The van der Waals surface area contributed by atoms with Crippen LogP contribution in [0, 0.1) is 0 Å². The van der Waals surface area contributed by atoms with Crippen molar-refractivity contribution in [2.45, 2.75) is 25.8 Å². The molecule has 0 spiro atoms. The predicted octanol–water partition coefficient (Wildman–Crippen LogP) is 3.16. The summed E-state index contributed by atoms with van der Waals surface area (Å²) in [7, 11) is 0. The first-order chi connectivity index (χ1) is 10.8. The van der Waals surface area contributed by atoms with Crippen LogP contribution in [-0.2, 0) is 0 Å². The number of carbonyl (C=O) groups is 1. The van der Waals surface area contributed by atoms with E-state index >= 15 is 0 Å². The number of hydrogen-bond donors (Lipinski definition) is 0. The van der Waals surface area contributed by atoms with Crippen molar-refractivity contribution in [2.75, 3.05) is 13.3 Å². The Labute approximate surface area is 132 Å². The SMILES string of the molecule is CCN(C(=O)c1cnc(-c2ccc3c(c2)OCO3)s1)C1CC1. The number of thiazole rings is 1. The predicted molar refractivity (Wildman–Crippen MR) is 83.4 cm³/mol. The summed E-state index contributed by atoms with van der Waals surface area (Å²) in [4.78, 5) is 19.6. The van der Waals surface area contributed by atoms with Crippen LogP contribution in [0.25, 0.3) is 10.6 Å². The molecular formula is C16H16N2O3S. The lowest BCUT2D eigenvalue weighted by Gasteiger charge is -2.18. The number of benzene rings is 1. The molecule has 6 heteroatoms. The zero-order valence-electron chi connectivity index (χ0n) is 12.2. The lowest BCUT2D eigenvalue weighted by atomic mass is 10.2. The van der Waals surface area contributed by atoms with Gasteiger partial charge in [-0.15, -0.1) is 11.3 Å². The first kappa shape index (κ1) is 13.6.